The van der Waals surface area contributed by atoms with Crippen LogP contribution < -0.4 is 0 Å². The predicted molar refractivity (Wildman–Crippen MR) is 65.1 cm³/mol. The van der Waals surface area contributed by atoms with Gasteiger partial charge in [-0.05, 0) is 36.0 Å². The molecule has 0 unspecified atom stereocenters. The van der Waals surface area contributed by atoms with Crippen LogP contribution in [-0.4, -0.2) is 0 Å². The van der Waals surface area contributed by atoms with E-state index in [4.69, 9.17) is 0 Å². The molecule has 0 radical (unpaired) electrons. The molecular weight excluding hydrogens is 236 g/mol. The van der Waals surface area contributed by atoms with Gasteiger partial charge in [-0.2, -0.15) is 0 Å². The third-order valence-electron chi connectivity index (χ3n) is 3.22. The maximum absolute atomic E-state index is 3.44. The highest BCUT2D eigenvalue weighted by molar-refractivity contribution is 9.10. The van der Waals surface area contributed by atoms with E-state index < -0.39 is 0 Å². The topological polar surface area (TPSA) is 0 Å². The molecule has 1 saturated carbocycles. The van der Waals surface area contributed by atoms with E-state index in [1.54, 1.807) is 5.57 Å². The summed E-state index contributed by atoms with van der Waals surface area (Å²) in [6.07, 6.45) is 4.87. The Hall–Kier alpha value is -0.560. The zero-order valence-electron chi connectivity index (χ0n) is 8.68. The fourth-order valence-electron chi connectivity index (χ4n) is 1.71. The minimum Gasteiger partial charge on any atom is -0.0645 e. The Labute approximate surface area is 94.2 Å². The first kappa shape index (κ1) is 9.97. The summed E-state index contributed by atoms with van der Waals surface area (Å²) in [6.45, 7) is 4.61. The van der Waals surface area contributed by atoms with E-state index in [0.717, 1.165) is 4.47 Å². The van der Waals surface area contributed by atoms with Crippen LogP contribution >= 0.6 is 15.9 Å². The van der Waals surface area contributed by atoms with E-state index in [2.05, 4.69) is 60.1 Å². The second-order valence-corrected chi connectivity index (χ2v) is 5.23. The van der Waals surface area contributed by atoms with Crippen LogP contribution in [0.4, 0.5) is 0 Å². The molecule has 1 aliphatic rings. The molecule has 1 heteroatoms. The van der Waals surface area contributed by atoms with Crippen molar-refractivity contribution in [3.8, 4) is 0 Å². The lowest BCUT2D eigenvalue weighted by molar-refractivity contribution is 0.580. The summed E-state index contributed by atoms with van der Waals surface area (Å²) < 4.78 is 1.15. The van der Waals surface area contributed by atoms with Gasteiger partial charge in [0.1, 0.15) is 0 Å². The Balaban J connectivity index is 2.17. The highest BCUT2D eigenvalue weighted by Crippen LogP contribution is 2.54. The van der Waals surface area contributed by atoms with E-state index >= 15 is 0 Å². The van der Waals surface area contributed by atoms with Gasteiger partial charge in [0, 0.05) is 4.47 Å². The number of halogens is 1. The summed E-state index contributed by atoms with van der Waals surface area (Å²) in [5.74, 6) is 0. The molecule has 2 rings (SSSR count). The molecule has 74 valence electrons. The standard InChI is InChI=1S/C13H15Br/c1-3-13(2)9-11(13)8-10-4-6-12(14)7-5-10/h4-8H,3,9H2,1-2H3/b11-8+/t13-/m0/s1. The molecule has 0 amide bonds. The van der Waals surface area contributed by atoms with Crippen molar-refractivity contribution in [2.45, 2.75) is 26.7 Å². The van der Waals surface area contributed by atoms with Gasteiger partial charge in [-0.15, -0.1) is 0 Å². The lowest BCUT2D eigenvalue weighted by atomic mass is 10.1. The van der Waals surface area contributed by atoms with Gasteiger partial charge in [0.2, 0.25) is 0 Å². The van der Waals surface area contributed by atoms with Gasteiger partial charge in [0.05, 0.1) is 0 Å². The molecule has 1 aliphatic carbocycles. The van der Waals surface area contributed by atoms with Gasteiger partial charge in [0.15, 0.2) is 0 Å². The van der Waals surface area contributed by atoms with Gasteiger partial charge in [-0.3, -0.25) is 0 Å². The molecular formula is C13H15Br. The molecule has 0 nitrogen and oxygen atoms in total. The molecule has 1 fully saturated rings. The summed E-state index contributed by atoms with van der Waals surface area (Å²) in [4.78, 5) is 0. The minimum atomic E-state index is 0.507. The highest BCUT2D eigenvalue weighted by Gasteiger charge is 2.41. The normalized spacial score (nSPS) is 28.1. The van der Waals surface area contributed by atoms with E-state index in [-0.39, 0.29) is 0 Å². The third kappa shape index (κ3) is 1.93. The largest absolute Gasteiger partial charge is 0.0645 e. The average Bonchev–Trinajstić information content (AvgIpc) is 2.82. The molecule has 1 aromatic rings. The van der Waals surface area contributed by atoms with Crippen LogP contribution in [0.1, 0.15) is 32.3 Å². The lowest BCUT2D eigenvalue weighted by Crippen LogP contribution is -1.87. The van der Waals surface area contributed by atoms with E-state index in [1.165, 1.54) is 18.4 Å². The second kappa shape index (κ2) is 3.54. The molecule has 14 heavy (non-hydrogen) atoms. The quantitative estimate of drug-likeness (QED) is 0.717. The number of allylic oxidation sites excluding steroid dienone is 1. The molecule has 0 bridgehead atoms. The fourth-order valence-corrected chi connectivity index (χ4v) is 1.98. The first-order valence-electron chi connectivity index (χ1n) is 5.11. The molecule has 0 aliphatic heterocycles. The number of hydrogen-bond acceptors (Lipinski definition) is 0. The maximum Gasteiger partial charge on any atom is 0.0175 e. The molecule has 0 spiro atoms. The maximum atomic E-state index is 3.44. The van der Waals surface area contributed by atoms with Gasteiger partial charge < -0.3 is 0 Å². The monoisotopic (exact) mass is 250 g/mol. The smallest absolute Gasteiger partial charge is 0.0175 e. The summed E-state index contributed by atoms with van der Waals surface area (Å²) in [5.41, 5.74) is 3.43. The van der Waals surface area contributed by atoms with Crippen LogP contribution in [0.2, 0.25) is 0 Å². The van der Waals surface area contributed by atoms with Crippen LogP contribution in [-0.2, 0) is 0 Å². The van der Waals surface area contributed by atoms with Gasteiger partial charge in [-0.1, -0.05) is 53.6 Å². The number of benzene rings is 1. The molecule has 1 aromatic carbocycles. The van der Waals surface area contributed by atoms with Crippen molar-refractivity contribution >= 4 is 22.0 Å². The zero-order chi connectivity index (χ0) is 10.2. The van der Waals surface area contributed by atoms with Crippen molar-refractivity contribution < 1.29 is 0 Å². The van der Waals surface area contributed by atoms with E-state index in [9.17, 15) is 0 Å². The van der Waals surface area contributed by atoms with Gasteiger partial charge in [-0.25, -0.2) is 0 Å². The Bertz CT molecular complexity index is 361. The predicted octanol–water partition coefficient (Wildman–Crippen LogP) is 4.65. The molecule has 0 aromatic heterocycles. The molecule has 0 saturated heterocycles. The summed E-state index contributed by atoms with van der Waals surface area (Å²) in [6, 6.07) is 8.51. The van der Waals surface area contributed by atoms with Crippen molar-refractivity contribution in [1.29, 1.82) is 0 Å². The summed E-state index contributed by atoms with van der Waals surface area (Å²) in [7, 11) is 0. The van der Waals surface area contributed by atoms with Crippen LogP contribution in [0, 0.1) is 5.41 Å². The Morgan fingerprint density at radius 2 is 2.00 bits per heavy atom. The number of hydrogen-bond donors (Lipinski definition) is 0. The summed E-state index contributed by atoms with van der Waals surface area (Å²) in [5, 5.41) is 0. The van der Waals surface area contributed by atoms with Crippen molar-refractivity contribution in [2.75, 3.05) is 0 Å². The van der Waals surface area contributed by atoms with Crippen LogP contribution in [0.15, 0.2) is 34.3 Å². The summed E-state index contributed by atoms with van der Waals surface area (Å²) >= 11 is 3.44. The highest BCUT2D eigenvalue weighted by atomic mass is 79.9. The Morgan fingerprint density at radius 1 is 1.36 bits per heavy atom. The molecule has 0 heterocycles. The second-order valence-electron chi connectivity index (χ2n) is 4.31. The van der Waals surface area contributed by atoms with E-state index in [1.807, 2.05) is 0 Å². The minimum absolute atomic E-state index is 0.507. The van der Waals surface area contributed by atoms with Crippen molar-refractivity contribution in [3.63, 3.8) is 0 Å². The average molecular weight is 251 g/mol. The van der Waals surface area contributed by atoms with Gasteiger partial charge in [0.25, 0.3) is 0 Å². The van der Waals surface area contributed by atoms with Crippen molar-refractivity contribution in [1.82, 2.24) is 0 Å². The first-order valence-corrected chi connectivity index (χ1v) is 5.90. The van der Waals surface area contributed by atoms with Gasteiger partial charge >= 0.3 is 0 Å². The van der Waals surface area contributed by atoms with Crippen LogP contribution in [0.25, 0.3) is 6.08 Å². The number of rotatable bonds is 2. The van der Waals surface area contributed by atoms with Crippen molar-refractivity contribution in [2.24, 2.45) is 5.41 Å². The van der Waals surface area contributed by atoms with Crippen LogP contribution in [0.5, 0.6) is 0 Å². The fraction of sp³-hybridized carbons (Fsp3) is 0.385. The SMILES string of the molecule is CC[C@@]1(C)C/C1=C\c1ccc(Br)cc1. The van der Waals surface area contributed by atoms with Crippen molar-refractivity contribution in [3.05, 3.63) is 39.9 Å². The van der Waals surface area contributed by atoms with Crippen LogP contribution in [0.3, 0.4) is 0 Å². The third-order valence-corrected chi connectivity index (χ3v) is 3.75. The zero-order valence-corrected chi connectivity index (χ0v) is 10.3. The molecule has 1 atom stereocenters. The van der Waals surface area contributed by atoms with E-state index in [0.29, 0.717) is 5.41 Å². The first-order chi connectivity index (χ1) is 6.64. The Morgan fingerprint density at radius 3 is 2.50 bits per heavy atom. The lowest BCUT2D eigenvalue weighted by Gasteiger charge is -2.00. The Kier molecular flexibility index (Phi) is 2.52. The molecule has 0 N–H and O–H groups in total.